The standard InChI is InChI=1S/C17H15BrN2O/c1-12-10-14(18)6-7-15(12)19-17(21)11-20-9-8-13-4-2-3-5-16(13)20/h2-10H,11H2,1H3,(H,19,21). The maximum Gasteiger partial charge on any atom is 0.244 e. The molecule has 21 heavy (non-hydrogen) atoms. The van der Waals surface area contributed by atoms with Gasteiger partial charge in [0.05, 0.1) is 0 Å². The zero-order valence-electron chi connectivity index (χ0n) is 11.6. The highest BCUT2D eigenvalue weighted by molar-refractivity contribution is 9.10. The van der Waals surface area contributed by atoms with Crippen molar-refractivity contribution in [1.82, 2.24) is 4.57 Å². The molecule has 0 unspecified atom stereocenters. The first-order chi connectivity index (χ1) is 10.1. The van der Waals surface area contributed by atoms with Gasteiger partial charge in [-0.15, -0.1) is 0 Å². The summed E-state index contributed by atoms with van der Waals surface area (Å²) in [6.45, 7) is 2.29. The number of halogens is 1. The summed E-state index contributed by atoms with van der Waals surface area (Å²) in [4.78, 5) is 12.2. The van der Waals surface area contributed by atoms with Crippen molar-refractivity contribution in [2.24, 2.45) is 0 Å². The van der Waals surface area contributed by atoms with Crippen LogP contribution in [-0.2, 0) is 11.3 Å². The topological polar surface area (TPSA) is 34.0 Å². The lowest BCUT2D eigenvalue weighted by Crippen LogP contribution is -2.18. The number of amides is 1. The van der Waals surface area contributed by atoms with Gasteiger partial charge in [-0.3, -0.25) is 4.79 Å². The third-order valence-corrected chi connectivity index (χ3v) is 3.95. The maximum absolute atomic E-state index is 12.2. The van der Waals surface area contributed by atoms with E-state index in [0.717, 1.165) is 26.6 Å². The van der Waals surface area contributed by atoms with Gasteiger partial charge in [-0.2, -0.15) is 0 Å². The lowest BCUT2D eigenvalue weighted by molar-refractivity contribution is -0.116. The minimum atomic E-state index is -0.0261. The second-order valence-corrected chi connectivity index (χ2v) is 5.93. The van der Waals surface area contributed by atoms with E-state index in [1.165, 1.54) is 0 Å². The van der Waals surface area contributed by atoms with Crippen molar-refractivity contribution in [3.8, 4) is 0 Å². The molecule has 2 aromatic carbocycles. The minimum Gasteiger partial charge on any atom is -0.338 e. The molecule has 4 heteroatoms. The molecule has 0 aliphatic carbocycles. The van der Waals surface area contributed by atoms with Gasteiger partial charge in [-0.25, -0.2) is 0 Å². The summed E-state index contributed by atoms with van der Waals surface area (Å²) in [5.74, 6) is -0.0261. The molecule has 0 aliphatic heterocycles. The summed E-state index contributed by atoms with van der Waals surface area (Å²) in [6, 6.07) is 15.9. The van der Waals surface area contributed by atoms with Crippen LogP contribution in [0, 0.1) is 6.92 Å². The quantitative estimate of drug-likeness (QED) is 0.754. The van der Waals surface area contributed by atoms with Gasteiger partial charge in [0, 0.05) is 21.9 Å². The van der Waals surface area contributed by atoms with Crippen molar-refractivity contribution in [2.45, 2.75) is 13.5 Å². The zero-order chi connectivity index (χ0) is 14.8. The van der Waals surface area contributed by atoms with Crippen LogP contribution in [0.5, 0.6) is 0 Å². The van der Waals surface area contributed by atoms with Crippen LogP contribution in [0.2, 0.25) is 0 Å². The molecule has 0 fully saturated rings. The van der Waals surface area contributed by atoms with Crippen LogP contribution in [0.3, 0.4) is 0 Å². The fourth-order valence-electron chi connectivity index (χ4n) is 2.39. The van der Waals surface area contributed by atoms with Crippen molar-refractivity contribution in [1.29, 1.82) is 0 Å². The van der Waals surface area contributed by atoms with Crippen molar-refractivity contribution in [3.05, 3.63) is 64.8 Å². The van der Waals surface area contributed by atoms with E-state index in [1.807, 2.05) is 66.2 Å². The number of hydrogen-bond donors (Lipinski definition) is 1. The molecule has 3 nitrogen and oxygen atoms in total. The Bertz CT molecular complexity index is 807. The predicted molar refractivity (Wildman–Crippen MR) is 89.4 cm³/mol. The van der Waals surface area contributed by atoms with Crippen LogP contribution in [0.15, 0.2) is 59.2 Å². The number of aromatic nitrogens is 1. The van der Waals surface area contributed by atoms with E-state index in [2.05, 4.69) is 21.2 Å². The number of carbonyl (C=O) groups excluding carboxylic acids is 1. The van der Waals surface area contributed by atoms with E-state index in [9.17, 15) is 4.79 Å². The average molecular weight is 343 g/mol. The molecule has 0 bridgehead atoms. The fraction of sp³-hybridized carbons (Fsp3) is 0.118. The summed E-state index contributed by atoms with van der Waals surface area (Å²) < 4.78 is 2.97. The summed E-state index contributed by atoms with van der Waals surface area (Å²) in [7, 11) is 0. The smallest absolute Gasteiger partial charge is 0.244 e. The monoisotopic (exact) mass is 342 g/mol. The number of fused-ring (bicyclic) bond motifs is 1. The number of hydrogen-bond acceptors (Lipinski definition) is 1. The molecular weight excluding hydrogens is 328 g/mol. The first-order valence-electron chi connectivity index (χ1n) is 6.73. The molecule has 0 aliphatic rings. The first-order valence-corrected chi connectivity index (χ1v) is 7.53. The largest absolute Gasteiger partial charge is 0.338 e. The third kappa shape index (κ3) is 3.00. The Hall–Kier alpha value is -2.07. The molecule has 0 atom stereocenters. The highest BCUT2D eigenvalue weighted by atomic mass is 79.9. The minimum absolute atomic E-state index is 0.0261. The summed E-state index contributed by atoms with van der Waals surface area (Å²) >= 11 is 3.42. The lowest BCUT2D eigenvalue weighted by Gasteiger charge is -2.10. The SMILES string of the molecule is Cc1cc(Br)ccc1NC(=O)Cn1ccc2ccccc21. The second kappa shape index (κ2) is 5.74. The normalized spacial score (nSPS) is 10.8. The first kappa shape index (κ1) is 13.9. The van der Waals surface area contributed by atoms with Gasteiger partial charge in [0.15, 0.2) is 0 Å². The van der Waals surface area contributed by atoms with Crippen molar-refractivity contribution in [2.75, 3.05) is 5.32 Å². The van der Waals surface area contributed by atoms with Crippen molar-refractivity contribution < 1.29 is 4.79 Å². The number of rotatable bonds is 3. The molecule has 3 aromatic rings. The number of nitrogens with one attached hydrogen (secondary N) is 1. The fourth-order valence-corrected chi connectivity index (χ4v) is 2.87. The Morgan fingerprint density at radius 1 is 1.19 bits per heavy atom. The number of nitrogens with zero attached hydrogens (tertiary/aromatic N) is 1. The molecular formula is C17H15BrN2O. The van der Waals surface area contributed by atoms with E-state index in [4.69, 9.17) is 0 Å². The molecule has 1 N–H and O–H groups in total. The van der Waals surface area contributed by atoms with Crippen molar-refractivity contribution in [3.63, 3.8) is 0 Å². The van der Waals surface area contributed by atoms with Gasteiger partial charge >= 0.3 is 0 Å². The van der Waals surface area contributed by atoms with E-state index in [-0.39, 0.29) is 5.91 Å². The van der Waals surface area contributed by atoms with Crippen LogP contribution >= 0.6 is 15.9 Å². The van der Waals surface area contributed by atoms with E-state index in [1.54, 1.807) is 0 Å². The molecule has 0 saturated carbocycles. The van der Waals surface area contributed by atoms with Crippen LogP contribution in [0.1, 0.15) is 5.56 Å². The number of aryl methyl sites for hydroxylation is 1. The predicted octanol–water partition coefficient (Wildman–Crippen LogP) is 4.35. The van der Waals surface area contributed by atoms with Gasteiger partial charge in [-0.05, 0) is 48.2 Å². The maximum atomic E-state index is 12.2. The second-order valence-electron chi connectivity index (χ2n) is 5.01. The van der Waals surface area contributed by atoms with Gasteiger partial charge in [0.25, 0.3) is 0 Å². The Balaban J connectivity index is 1.77. The zero-order valence-corrected chi connectivity index (χ0v) is 13.2. The molecule has 0 spiro atoms. The Morgan fingerprint density at radius 3 is 2.81 bits per heavy atom. The highest BCUT2D eigenvalue weighted by Crippen LogP contribution is 2.20. The van der Waals surface area contributed by atoms with Gasteiger partial charge < -0.3 is 9.88 Å². The van der Waals surface area contributed by atoms with E-state index >= 15 is 0 Å². The van der Waals surface area contributed by atoms with E-state index < -0.39 is 0 Å². The number of benzene rings is 2. The number of para-hydroxylation sites is 1. The summed E-state index contributed by atoms with van der Waals surface area (Å²) in [6.07, 6.45) is 1.94. The summed E-state index contributed by atoms with van der Waals surface area (Å²) in [5, 5.41) is 4.10. The van der Waals surface area contributed by atoms with Gasteiger partial charge in [0.1, 0.15) is 6.54 Å². The number of carbonyl (C=O) groups is 1. The Morgan fingerprint density at radius 2 is 2.00 bits per heavy atom. The molecule has 1 aromatic heterocycles. The molecule has 1 heterocycles. The van der Waals surface area contributed by atoms with Crippen LogP contribution in [-0.4, -0.2) is 10.5 Å². The van der Waals surface area contributed by atoms with Gasteiger partial charge in [-0.1, -0.05) is 34.1 Å². The van der Waals surface area contributed by atoms with Crippen LogP contribution in [0.4, 0.5) is 5.69 Å². The Labute approximate surface area is 131 Å². The van der Waals surface area contributed by atoms with E-state index in [0.29, 0.717) is 6.54 Å². The van der Waals surface area contributed by atoms with Crippen molar-refractivity contribution >= 4 is 38.4 Å². The molecule has 106 valence electrons. The van der Waals surface area contributed by atoms with Gasteiger partial charge in [0.2, 0.25) is 5.91 Å². The summed E-state index contributed by atoms with van der Waals surface area (Å²) in [5.41, 5.74) is 2.95. The van der Waals surface area contributed by atoms with Crippen LogP contribution in [0.25, 0.3) is 10.9 Å². The lowest BCUT2D eigenvalue weighted by atomic mass is 10.2. The molecule has 3 rings (SSSR count). The number of anilines is 1. The molecule has 0 saturated heterocycles. The average Bonchev–Trinajstić information content (AvgIpc) is 2.85. The third-order valence-electron chi connectivity index (χ3n) is 3.46. The highest BCUT2D eigenvalue weighted by Gasteiger charge is 2.08. The van der Waals surface area contributed by atoms with Crippen LogP contribution < -0.4 is 5.32 Å². The molecule has 0 radical (unpaired) electrons. The Kier molecular flexibility index (Phi) is 3.80. The molecule has 1 amide bonds.